The molecule has 0 aliphatic heterocycles. The molecule has 2 N–H and O–H groups in total. The maximum Gasteiger partial charge on any atom is 0.311 e. The lowest BCUT2D eigenvalue weighted by Gasteiger charge is -2.04. The van der Waals surface area contributed by atoms with E-state index in [1.165, 1.54) is 12.1 Å². The number of nitrogens with zero attached hydrogens (tertiary/aromatic N) is 2. The van der Waals surface area contributed by atoms with Gasteiger partial charge in [0.1, 0.15) is 11.6 Å². The number of nitro groups is 1. The van der Waals surface area contributed by atoms with Crippen molar-refractivity contribution in [2.75, 3.05) is 19.8 Å². The van der Waals surface area contributed by atoms with E-state index in [1.54, 1.807) is 6.07 Å². The highest BCUT2D eigenvalue weighted by atomic mass is 16.6. The van der Waals surface area contributed by atoms with Crippen LogP contribution < -0.4 is 5.32 Å². The van der Waals surface area contributed by atoms with Crippen molar-refractivity contribution in [1.82, 2.24) is 5.32 Å². The van der Waals surface area contributed by atoms with E-state index in [9.17, 15) is 20.0 Å². The van der Waals surface area contributed by atoms with Crippen LogP contribution >= 0.6 is 0 Å². The number of carbonyl (C=O) groups is 1. The van der Waals surface area contributed by atoms with Gasteiger partial charge in [-0.3, -0.25) is 14.9 Å². The Labute approximate surface area is 133 Å². The van der Waals surface area contributed by atoms with Crippen LogP contribution in [0.4, 0.5) is 5.69 Å². The van der Waals surface area contributed by atoms with E-state index < -0.39 is 22.3 Å². The van der Waals surface area contributed by atoms with E-state index in [2.05, 4.69) is 5.32 Å². The Bertz CT molecular complexity index is 649. The Morgan fingerprint density at radius 1 is 1.57 bits per heavy atom. The van der Waals surface area contributed by atoms with Crippen LogP contribution in [0.5, 0.6) is 5.75 Å². The standard InChI is InChI=1S/C15H17N3O5/c1-2-23-7-3-6-17-15(20)12(10-16)8-11-4-5-14(19)13(9-11)18(21)22/h4-5,8-9,19H,2-3,6-7H2,1H3,(H,17,20)/b12-8+. The van der Waals surface area contributed by atoms with Crippen LogP contribution in [-0.2, 0) is 9.53 Å². The average molecular weight is 319 g/mol. The Balaban J connectivity index is 2.79. The molecule has 0 atom stereocenters. The van der Waals surface area contributed by atoms with Crippen LogP contribution in [0.3, 0.4) is 0 Å². The van der Waals surface area contributed by atoms with Crippen molar-refractivity contribution in [2.45, 2.75) is 13.3 Å². The number of benzene rings is 1. The van der Waals surface area contributed by atoms with Gasteiger partial charge in [-0.25, -0.2) is 0 Å². The highest BCUT2D eigenvalue weighted by Crippen LogP contribution is 2.27. The van der Waals surface area contributed by atoms with Crippen LogP contribution in [0.25, 0.3) is 6.08 Å². The molecule has 0 saturated carbocycles. The third kappa shape index (κ3) is 5.76. The quantitative estimate of drug-likeness (QED) is 0.247. The number of ether oxygens (including phenoxy) is 1. The van der Waals surface area contributed by atoms with Gasteiger partial charge in [0, 0.05) is 25.8 Å². The van der Waals surface area contributed by atoms with Gasteiger partial charge in [0.05, 0.1) is 4.92 Å². The lowest BCUT2D eigenvalue weighted by atomic mass is 10.1. The molecule has 1 aromatic carbocycles. The number of hydrogen-bond acceptors (Lipinski definition) is 6. The summed E-state index contributed by atoms with van der Waals surface area (Å²) in [6.45, 7) is 3.32. The molecular formula is C15H17N3O5. The largest absolute Gasteiger partial charge is 0.502 e. The lowest BCUT2D eigenvalue weighted by molar-refractivity contribution is -0.385. The topological polar surface area (TPSA) is 125 Å². The van der Waals surface area contributed by atoms with Gasteiger partial charge in [-0.05, 0) is 31.1 Å². The predicted molar refractivity (Wildman–Crippen MR) is 82.5 cm³/mol. The van der Waals surface area contributed by atoms with E-state index in [0.29, 0.717) is 26.2 Å². The smallest absolute Gasteiger partial charge is 0.311 e. The summed E-state index contributed by atoms with van der Waals surface area (Å²) in [7, 11) is 0. The second-order valence-electron chi connectivity index (χ2n) is 4.48. The number of hydrogen-bond donors (Lipinski definition) is 2. The molecule has 8 nitrogen and oxygen atoms in total. The summed E-state index contributed by atoms with van der Waals surface area (Å²) in [4.78, 5) is 21.9. The van der Waals surface area contributed by atoms with E-state index >= 15 is 0 Å². The van der Waals surface area contributed by atoms with E-state index in [0.717, 1.165) is 12.1 Å². The Morgan fingerprint density at radius 3 is 2.91 bits per heavy atom. The summed E-state index contributed by atoms with van der Waals surface area (Å²) in [5.41, 5.74) is -0.398. The van der Waals surface area contributed by atoms with Crippen molar-refractivity contribution in [3.63, 3.8) is 0 Å². The van der Waals surface area contributed by atoms with Crippen molar-refractivity contribution < 1.29 is 19.6 Å². The fraction of sp³-hybridized carbons (Fsp3) is 0.333. The minimum atomic E-state index is -0.744. The van der Waals surface area contributed by atoms with Crippen LogP contribution in [0, 0.1) is 21.4 Å². The molecule has 0 saturated heterocycles. The molecule has 0 spiro atoms. The van der Waals surface area contributed by atoms with Gasteiger partial charge in [0.15, 0.2) is 5.75 Å². The number of carbonyl (C=O) groups excluding carboxylic acids is 1. The summed E-state index contributed by atoms with van der Waals surface area (Å²) in [6.07, 6.45) is 1.84. The van der Waals surface area contributed by atoms with E-state index in [-0.39, 0.29) is 11.1 Å². The fourth-order valence-corrected chi connectivity index (χ4v) is 1.71. The predicted octanol–water partition coefficient (Wildman–Crippen LogP) is 1.75. The summed E-state index contributed by atoms with van der Waals surface area (Å²) >= 11 is 0. The molecule has 0 unspecified atom stereocenters. The lowest BCUT2D eigenvalue weighted by Crippen LogP contribution is -2.26. The Kier molecular flexibility index (Phi) is 7.23. The molecule has 0 aliphatic rings. The maximum absolute atomic E-state index is 11.9. The molecule has 0 bridgehead atoms. The molecule has 0 fully saturated rings. The second kappa shape index (κ2) is 9.17. The zero-order valence-corrected chi connectivity index (χ0v) is 12.6. The summed E-state index contributed by atoms with van der Waals surface area (Å²) in [6, 6.07) is 5.36. The zero-order valence-electron chi connectivity index (χ0n) is 12.6. The number of phenols is 1. The van der Waals surface area contributed by atoms with Crippen LogP contribution in [0.15, 0.2) is 23.8 Å². The normalized spacial score (nSPS) is 10.9. The second-order valence-corrected chi connectivity index (χ2v) is 4.48. The van der Waals surface area contributed by atoms with E-state index in [1.807, 2.05) is 6.92 Å². The van der Waals surface area contributed by atoms with Gasteiger partial charge < -0.3 is 15.2 Å². The highest BCUT2D eigenvalue weighted by molar-refractivity contribution is 6.01. The minimum Gasteiger partial charge on any atom is -0.502 e. The van der Waals surface area contributed by atoms with Gasteiger partial charge in [0.25, 0.3) is 5.91 Å². The monoisotopic (exact) mass is 319 g/mol. The Hall–Kier alpha value is -2.92. The van der Waals surface area contributed by atoms with Gasteiger partial charge in [-0.15, -0.1) is 0 Å². The number of nitro benzene ring substituents is 1. The molecule has 1 amide bonds. The average Bonchev–Trinajstić information content (AvgIpc) is 2.53. The number of rotatable bonds is 8. The van der Waals surface area contributed by atoms with E-state index in [4.69, 9.17) is 10.00 Å². The number of nitrogens with one attached hydrogen (secondary N) is 1. The number of aromatic hydroxyl groups is 1. The molecule has 0 heterocycles. The summed E-state index contributed by atoms with van der Waals surface area (Å²) < 4.78 is 5.13. The molecule has 23 heavy (non-hydrogen) atoms. The number of nitriles is 1. The number of phenolic OH excluding ortho intramolecular Hbond substituents is 1. The van der Waals surface area contributed by atoms with Gasteiger partial charge in [-0.2, -0.15) is 5.26 Å². The third-order valence-corrected chi connectivity index (χ3v) is 2.83. The van der Waals surface area contributed by atoms with Crippen molar-refractivity contribution in [1.29, 1.82) is 5.26 Å². The molecule has 8 heteroatoms. The van der Waals surface area contributed by atoms with Gasteiger partial charge in [-0.1, -0.05) is 6.07 Å². The van der Waals surface area contributed by atoms with Crippen molar-refractivity contribution in [2.24, 2.45) is 0 Å². The molecule has 1 rings (SSSR count). The zero-order chi connectivity index (χ0) is 17.2. The third-order valence-electron chi connectivity index (χ3n) is 2.83. The number of amides is 1. The first-order chi connectivity index (χ1) is 11.0. The van der Waals surface area contributed by atoms with Crippen LogP contribution in [0.1, 0.15) is 18.9 Å². The first-order valence-electron chi connectivity index (χ1n) is 6.94. The van der Waals surface area contributed by atoms with Crippen molar-refractivity contribution >= 4 is 17.7 Å². The summed E-state index contributed by atoms with van der Waals surface area (Å²) in [5, 5.41) is 31.7. The van der Waals surface area contributed by atoms with Gasteiger partial charge >= 0.3 is 5.69 Å². The van der Waals surface area contributed by atoms with Gasteiger partial charge in [0.2, 0.25) is 0 Å². The minimum absolute atomic E-state index is 0.179. The Morgan fingerprint density at radius 2 is 2.30 bits per heavy atom. The first kappa shape index (κ1) is 18.1. The van der Waals surface area contributed by atoms with Crippen molar-refractivity contribution in [3.8, 4) is 11.8 Å². The fourth-order valence-electron chi connectivity index (χ4n) is 1.71. The van der Waals surface area contributed by atoms with Crippen molar-refractivity contribution in [3.05, 3.63) is 39.4 Å². The van der Waals surface area contributed by atoms with Crippen LogP contribution in [-0.4, -0.2) is 35.7 Å². The molecule has 1 aromatic rings. The first-order valence-corrected chi connectivity index (χ1v) is 6.94. The molecule has 0 radical (unpaired) electrons. The highest BCUT2D eigenvalue weighted by Gasteiger charge is 2.14. The van der Waals surface area contributed by atoms with Crippen LogP contribution in [0.2, 0.25) is 0 Å². The molecule has 0 aliphatic carbocycles. The molecular weight excluding hydrogens is 302 g/mol. The summed E-state index contributed by atoms with van der Waals surface area (Å²) in [5.74, 6) is -1.05. The molecule has 0 aromatic heterocycles. The maximum atomic E-state index is 11.9. The SMILES string of the molecule is CCOCCCNC(=O)/C(C#N)=C/c1ccc(O)c([N+](=O)[O-])c1. The molecule has 122 valence electrons.